The Labute approximate surface area is 116 Å². The highest BCUT2D eigenvalue weighted by Gasteiger charge is 2.25. The monoisotopic (exact) mass is 259 g/mol. The van der Waals surface area contributed by atoms with Gasteiger partial charge in [0.1, 0.15) is 0 Å². The number of anilines is 1. The Hall–Kier alpha value is -1.35. The number of piperidine rings is 1. The van der Waals surface area contributed by atoms with Crippen molar-refractivity contribution in [1.82, 2.24) is 4.90 Å². The molecule has 0 aromatic heterocycles. The lowest BCUT2D eigenvalue weighted by Crippen LogP contribution is -2.39. The van der Waals surface area contributed by atoms with Crippen LogP contribution in [-0.2, 0) is 4.79 Å². The summed E-state index contributed by atoms with van der Waals surface area (Å²) in [5.74, 6) is 1.77. The normalized spacial score (nSPS) is 17.6. The van der Waals surface area contributed by atoms with Crippen molar-refractivity contribution in [3.8, 4) is 0 Å². The van der Waals surface area contributed by atoms with Gasteiger partial charge in [-0.1, -0.05) is 32.0 Å². The predicted octanol–water partition coefficient (Wildman–Crippen LogP) is 2.95. The largest absolute Gasteiger partial charge is 0.326 e. The summed E-state index contributed by atoms with van der Waals surface area (Å²) in [4.78, 5) is 14.6. The van der Waals surface area contributed by atoms with E-state index in [2.05, 4.69) is 24.1 Å². The third-order valence-corrected chi connectivity index (χ3v) is 3.54. The highest BCUT2D eigenvalue weighted by molar-refractivity contribution is 5.92. The molecule has 19 heavy (non-hydrogen) atoms. The second-order valence-corrected chi connectivity index (χ2v) is 5.61. The quantitative estimate of drug-likeness (QED) is 0.901. The first-order valence-corrected chi connectivity index (χ1v) is 7.02. The SMILES string of the molecule is C[C](C)CN1CCC(C(=O)Nc2ccccc2)CC1. The molecule has 1 aromatic carbocycles. The van der Waals surface area contributed by atoms with Gasteiger partial charge in [-0.2, -0.15) is 0 Å². The van der Waals surface area contributed by atoms with E-state index >= 15 is 0 Å². The van der Waals surface area contributed by atoms with Crippen LogP contribution in [0, 0.1) is 11.8 Å². The summed E-state index contributed by atoms with van der Waals surface area (Å²) in [6.45, 7) is 7.44. The number of likely N-dealkylation sites (tertiary alicyclic amines) is 1. The average Bonchev–Trinajstić information content (AvgIpc) is 2.40. The van der Waals surface area contributed by atoms with Crippen LogP contribution in [0.3, 0.4) is 0 Å². The van der Waals surface area contributed by atoms with Crippen molar-refractivity contribution in [3.63, 3.8) is 0 Å². The van der Waals surface area contributed by atoms with E-state index in [0.717, 1.165) is 38.2 Å². The zero-order chi connectivity index (χ0) is 13.7. The Bertz CT molecular complexity index is 394. The molecule has 0 aliphatic carbocycles. The summed E-state index contributed by atoms with van der Waals surface area (Å²) < 4.78 is 0. The molecule has 103 valence electrons. The fourth-order valence-electron chi connectivity index (χ4n) is 2.57. The molecule has 0 atom stereocenters. The molecule has 3 heteroatoms. The van der Waals surface area contributed by atoms with E-state index in [1.54, 1.807) is 0 Å². The molecule has 1 aliphatic rings. The second-order valence-electron chi connectivity index (χ2n) is 5.61. The summed E-state index contributed by atoms with van der Waals surface area (Å²) >= 11 is 0. The summed E-state index contributed by atoms with van der Waals surface area (Å²) in [5.41, 5.74) is 0.896. The van der Waals surface area contributed by atoms with Gasteiger partial charge in [-0.05, 0) is 44.0 Å². The van der Waals surface area contributed by atoms with E-state index in [9.17, 15) is 4.79 Å². The highest BCUT2D eigenvalue weighted by Crippen LogP contribution is 2.20. The molecule has 2 rings (SSSR count). The lowest BCUT2D eigenvalue weighted by Gasteiger charge is -2.32. The Morgan fingerprint density at radius 2 is 1.84 bits per heavy atom. The first-order chi connectivity index (χ1) is 9.15. The smallest absolute Gasteiger partial charge is 0.227 e. The molecular formula is C16H23N2O. The predicted molar refractivity (Wildman–Crippen MR) is 78.8 cm³/mol. The van der Waals surface area contributed by atoms with Crippen LogP contribution in [0.1, 0.15) is 26.7 Å². The maximum atomic E-state index is 12.2. The van der Waals surface area contributed by atoms with Crippen LogP contribution in [0.4, 0.5) is 5.69 Å². The van der Waals surface area contributed by atoms with Gasteiger partial charge in [0.05, 0.1) is 0 Å². The number of para-hydroxylation sites is 1. The van der Waals surface area contributed by atoms with Crippen LogP contribution in [-0.4, -0.2) is 30.4 Å². The molecule has 1 amide bonds. The molecule has 3 nitrogen and oxygen atoms in total. The van der Waals surface area contributed by atoms with Gasteiger partial charge in [0.25, 0.3) is 0 Å². The van der Waals surface area contributed by atoms with Crippen LogP contribution in [0.25, 0.3) is 0 Å². The standard InChI is InChI=1S/C16H23N2O/c1-13(2)12-18-10-8-14(9-11-18)16(19)17-15-6-4-3-5-7-15/h3-7,14H,8-12H2,1-2H3,(H,17,19). The number of nitrogens with zero attached hydrogens (tertiary/aromatic N) is 1. The molecule has 1 aromatic rings. The molecular weight excluding hydrogens is 236 g/mol. The number of benzene rings is 1. The van der Waals surface area contributed by atoms with Crippen molar-refractivity contribution in [2.24, 2.45) is 5.92 Å². The lowest BCUT2D eigenvalue weighted by atomic mass is 9.95. The van der Waals surface area contributed by atoms with Crippen LogP contribution in [0.5, 0.6) is 0 Å². The molecule has 0 spiro atoms. The van der Waals surface area contributed by atoms with Crippen molar-refractivity contribution in [2.75, 3.05) is 25.0 Å². The van der Waals surface area contributed by atoms with Gasteiger partial charge < -0.3 is 10.2 Å². The minimum atomic E-state index is 0.161. The fraction of sp³-hybridized carbons (Fsp3) is 0.500. The summed E-state index contributed by atoms with van der Waals surface area (Å²) in [5, 5.41) is 3.00. The average molecular weight is 259 g/mol. The van der Waals surface area contributed by atoms with Crippen LogP contribution in [0.15, 0.2) is 30.3 Å². The molecule has 1 N–H and O–H groups in total. The number of rotatable bonds is 4. The number of hydrogen-bond donors (Lipinski definition) is 1. The Morgan fingerprint density at radius 3 is 2.42 bits per heavy atom. The Balaban J connectivity index is 1.79. The lowest BCUT2D eigenvalue weighted by molar-refractivity contribution is -0.121. The summed E-state index contributed by atoms with van der Waals surface area (Å²) in [6, 6.07) is 9.71. The van der Waals surface area contributed by atoms with Crippen molar-refractivity contribution in [1.29, 1.82) is 0 Å². The van der Waals surface area contributed by atoms with Crippen LogP contribution >= 0.6 is 0 Å². The van der Waals surface area contributed by atoms with Gasteiger partial charge in [-0.25, -0.2) is 0 Å². The molecule has 1 aliphatic heterocycles. The minimum absolute atomic E-state index is 0.161. The van der Waals surface area contributed by atoms with Crippen molar-refractivity contribution < 1.29 is 4.79 Å². The van der Waals surface area contributed by atoms with Gasteiger partial charge >= 0.3 is 0 Å². The van der Waals surface area contributed by atoms with Crippen molar-refractivity contribution in [2.45, 2.75) is 26.7 Å². The molecule has 0 saturated carbocycles. The van der Waals surface area contributed by atoms with E-state index in [4.69, 9.17) is 0 Å². The van der Waals surface area contributed by atoms with Gasteiger partial charge in [-0.3, -0.25) is 4.79 Å². The molecule has 1 heterocycles. The third kappa shape index (κ3) is 4.35. The van der Waals surface area contributed by atoms with E-state index in [-0.39, 0.29) is 11.8 Å². The molecule has 0 unspecified atom stereocenters. The van der Waals surface area contributed by atoms with Gasteiger partial charge in [0.15, 0.2) is 0 Å². The van der Waals surface area contributed by atoms with Crippen LogP contribution in [0.2, 0.25) is 0 Å². The zero-order valence-electron chi connectivity index (χ0n) is 11.9. The maximum absolute atomic E-state index is 12.2. The summed E-state index contributed by atoms with van der Waals surface area (Å²) in [7, 11) is 0. The van der Waals surface area contributed by atoms with Crippen LogP contribution < -0.4 is 5.32 Å². The van der Waals surface area contributed by atoms with Gasteiger partial charge in [-0.15, -0.1) is 0 Å². The van der Waals surface area contributed by atoms with E-state index in [1.807, 2.05) is 30.3 Å². The minimum Gasteiger partial charge on any atom is -0.326 e. The fourth-order valence-corrected chi connectivity index (χ4v) is 2.57. The third-order valence-electron chi connectivity index (χ3n) is 3.54. The highest BCUT2D eigenvalue weighted by atomic mass is 16.1. The van der Waals surface area contributed by atoms with E-state index < -0.39 is 0 Å². The Kier molecular flexibility index (Phi) is 4.97. The first kappa shape index (κ1) is 14.1. The second kappa shape index (κ2) is 6.71. The van der Waals surface area contributed by atoms with E-state index in [1.165, 1.54) is 5.92 Å². The van der Waals surface area contributed by atoms with Crippen molar-refractivity contribution in [3.05, 3.63) is 36.2 Å². The van der Waals surface area contributed by atoms with Crippen molar-refractivity contribution >= 4 is 11.6 Å². The first-order valence-electron chi connectivity index (χ1n) is 7.02. The molecule has 1 radical (unpaired) electrons. The van der Waals surface area contributed by atoms with E-state index in [0.29, 0.717) is 0 Å². The molecule has 0 bridgehead atoms. The zero-order valence-corrected chi connectivity index (χ0v) is 11.9. The number of hydrogen-bond acceptors (Lipinski definition) is 2. The molecule has 1 fully saturated rings. The van der Waals surface area contributed by atoms with Gasteiger partial charge in [0.2, 0.25) is 5.91 Å². The Morgan fingerprint density at radius 1 is 1.21 bits per heavy atom. The summed E-state index contributed by atoms with van der Waals surface area (Å²) in [6.07, 6.45) is 1.93. The number of carbonyl (C=O) groups excluding carboxylic acids is 1. The number of nitrogens with one attached hydrogen (secondary N) is 1. The topological polar surface area (TPSA) is 32.3 Å². The number of carbonyl (C=O) groups is 1. The number of amides is 1. The maximum Gasteiger partial charge on any atom is 0.227 e. The molecule has 1 saturated heterocycles. The van der Waals surface area contributed by atoms with Gasteiger partial charge in [0, 0.05) is 18.2 Å².